The van der Waals surface area contributed by atoms with Gasteiger partial charge in [-0.05, 0) is 49.1 Å². The van der Waals surface area contributed by atoms with E-state index in [4.69, 9.17) is 9.90 Å². The number of rotatable bonds is 6. The summed E-state index contributed by atoms with van der Waals surface area (Å²) >= 11 is 1.28. The third-order valence-electron chi connectivity index (χ3n) is 7.12. The summed E-state index contributed by atoms with van der Waals surface area (Å²) in [6.45, 7) is 5.05. The lowest BCUT2D eigenvalue weighted by Crippen LogP contribution is -2.86. The fourth-order valence-electron chi connectivity index (χ4n) is 4.95. The molecule has 2 heterocycles. The van der Waals surface area contributed by atoms with Crippen LogP contribution in [0.25, 0.3) is 10.4 Å². The summed E-state index contributed by atoms with van der Waals surface area (Å²) in [5.74, 6) is -2.72. The molecule has 1 aromatic carbocycles. The van der Waals surface area contributed by atoms with Crippen molar-refractivity contribution in [2.24, 2.45) is 17.8 Å². The van der Waals surface area contributed by atoms with Gasteiger partial charge >= 0.3 is 12.1 Å². The van der Waals surface area contributed by atoms with E-state index >= 15 is 0 Å². The third kappa shape index (κ3) is 8.04. The van der Waals surface area contributed by atoms with Crippen LogP contribution >= 0.6 is 11.3 Å². The fourth-order valence-corrected chi connectivity index (χ4v) is 5.96. The number of anilines is 1. The van der Waals surface area contributed by atoms with Crippen molar-refractivity contribution in [1.29, 1.82) is 0 Å². The smallest absolute Gasteiger partial charge is 0.430 e. The van der Waals surface area contributed by atoms with Gasteiger partial charge in [0.1, 0.15) is 10.8 Å². The number of quaternary nitrogens is 1. The molecule has 38 heavy (non-hydrogen) atoms. The van der Waals surface area contributed by atoms with Crippen LogP contribution in [0.15, 0.2) is 36.4 Å². The van der Waals surface area contributed by atoms with Crippen molar-refractivity contribution >= 4 is 34.9 Å². The number of piperidine rings is 1. The molecule has 1 aliphatic heterocycles. The number of benzene rings is 1. The van der Waals surface area contributed by atoms with Crippen LogP contribution in [-0.2, 0) is 9.59 Å². The summed E-state index contributed by atoms with van der Waals surface area (Å²) in [5, 5.41) is 21.1. The predicted octanol–water partition coefficient (Wildman–Crippen LogP) is 3.54. The Morgan fingerprint density at radius 2 is 1.63 bits per heavy atom. The Labute approximate surface area is 223 Å². The molecule has 1 amide bonds. The molecule has 0 spiro atoms. The highest BCUT2D eigenvalue weighted by atomic mass is 32.1. The standard InChI is InChI=1S/C25H32N2O3S.C2HF3O2/c1-17-7-9-20(10-8-17)24(28)27(16-18-11-13-26-14-12-18)21-15-22(31-23(21)25(29)30)19-5-3-2-4-6-19;3-2(4,5)1(6)7/h2-6,15,17-18,20,26H,7-14,16H2,1H3,(H,29,30);(H,6,7). The van der Waals surface area contributed by atoms with Gasteiger partial charge in [0.05, 0.1) is 18.8 Å². The molecule has 0 unspecified atom stereocenters. The second-order valence-corrected chi connectivity index (χ2v) is 11.0. The van der Waals surface area contributed by atoms with Gasteiger partial charge in [-0.2, -0.15) is 13.2 Å². The SMILES string of the molecule is CC1CCC(C(=O)N(CC2CC[NH2+]CC2)c2cc(-c3ccccc3)sc2C(=O)O)CC1.O=C([O-])C(F)(F)F. The Balaban J connectivity index is 0.000000505. The van der Waals surface area contributed by atoms with Gasteiger partial charge in [-0.3, -0.25) is 4.79 Å². The Morgan fingerprint density at radius 1 is 1.05 bits per heavy atom. The zero-order chi connectivity index (χ0) is 27.9. The zero-order valence-corrected chi connectivity index (χ0v) is 22.0. The average Bonchev–Trinajstić information content (AvgIpc) is 3.34. The first-order chi connectivity index (χ1) is 18.0. The number of nitrogens with two attached hydrogens (primary N) is 1. The maximum atomic E-state index is 13.7. The molecule has 208 valence electrons. The summed E-state index contributed by atoms with van der Waals surface area (Å²) in [4.78, 5) is 37.7. The molecule has 2 fully saturated rings. The molecule has 0 bridgehead atoms. The third-order valence-corrected chi connectivity index (χ3v) is 8.28. The summed E-state index contributed by atoms with van der Waals surface area (Å²) < 4.78 is 31.5. The molecule has 3 N–H and O–H groups in total. The summed E-state index contributed by atoms with van der Waals surface area (Å²) in [5.41, 5.74) is 1.59. The number of carbonyl (C=O) groups is 3. The van der Waals surface area contributed by atoms with Crippen LogP contribution < -0.4 is 15.3 Å². The number of nitrogens with zero attached hydrogens (tertiary/aromatic N) is 1. The number of aliphatic carboxylic acids is 1. The first-order valence-electron chi connectivity index (χ1n) is 12.8. The lowest BCUT2D eigenvalue weighted by molar-refractivity contribution is -0.664. The molecule has 7 nitrogen and oxygen atoms in total. The second-order valence-electron chi connectivity index (χ2n) is 10.00. The van der Waals surface area contributed by atoms with Crippen molar-refractivity contribution in [3.8, 4) is 10.4 Å². The van der Waals surface area contributed by atoms with E-state index < -0.39 is 18.1 Å². The zero-order valence-electron chi connectivity index (χ0n) is 21.2. The van der Waals surface area contributed by atoms with Gasteiger partial charge in [0.2, 0.25) is 5.91 Å². The number of hydrogen-bond donors (Lipinski definition) is 2. The molecule has 0 atom stereocenters. The first kappa shape index (κ1) is 29.6. The van der Waals surface area contributed by atoms with Gasteiger partial charge in [0, 0.05) is 30.2 Å². The van der Waals surface area contributed by atoms with Crippen molar-refractivity contribution in [1.82, 2.24) is 0 Å². The van der Waals surface area contributed by atoms with Crippen molar-refractivity contribution in [3.05, 3.63) is 41.3 Å². The minimum atomic E-state index is -5.19. The van der Waals surface area contributed by atoms with Crippen LogP contribution in [0.4, 0.5) is 18.9 Å². The minimum absolute atomic E-state index is 0.00748. The summed E-state index contributed by atoms with van der Waals surface area (Å²) in [6.07, 6.45) is 0.924. The van der Waals surface area contributed by atoms with Gasteiger partial charge in [0.25, 0.3) is 0 Å². The quantitative estimate of drug-likeness (QED) is 0.567. The number of alkyl halides is 3. The Morgan fingerprint density at radius 3 is 2.16 bits per heavy atom. The van der Waals surface area contributed by atoms with Crippen LogP contribution in [0.2, 0.25) is 0 Å². The lowest BCUT2D eigenvalue weighted by atomic mass is 9.82. The Bertz CT molecular complexity index is 1090. The topological polar surface area (TPSA) is 114 Å². The Kier molecular flexibility index (Phi) is 10.3. The van der Waals surface area contributed by atoms with E-state index in [9.17, 15) is 27.9 Å². The molecule has 2 aromatic rings. The summed E-state index contributed by atoms with van der Waals surface area (Å²) in [7, 11) is 0. The molecule has 1 saturated carbocycles. The number of aromatic carboxylic acids is 1. The van der Waals surface area contributed by atoms with Gasteiger partial charge in [-0.15, -0.1) is 11.3 Å². The molecular formula is C27H33F3N2O5S. The van der Waals surface area contributed by atoms with Crippen LogP contribution in [0.5, 0.6) is 0 Å². The molecule has 4 rings (SSSR count). The van der Waals surface area contributed by atoms with Crippen molar-refractivity contribution in [3.63, 3.8) is 0 Å². The monoisotopic (exact) mass is 554 g/mol. The van der Waals surface area contributed by atoms with Crippen LogP contribution in [0.1, 0.15) is 55.1 Å². The average molecular weight is 555 g/mol. The molecule has 1 aliphatic carbocycles. The van der Waals surface area contributed by atoms with Gasteiger partial charge < -0.3 is 25.2 Å². The molecular weight excluding hydrogens is 521 g/mol. The van der Waals surface area contributed by atoms with Crippen LogP contribution in [0.3, 0.4) is 0 Å². The van der Waals surface area contributed by atoms with Crippen molar-refractivity contribution in [2.45, 2.75) is 51.6 Å². The van der Waals surface area contributed by atoms with E-state index in [2.05, 4.69) is 12.2 Å². The fraction of sp³-hybridized carbons (Fsp3) is 0.519. The number of carboxylic acid groups (broad SMARTS) is 2. The maximum Gasteiger partial charge on any atom is 0.430 e. The van der Waals surface area contributed by atoms with Crippen LogP contribution in [0, 0.1) is 17.8 Å². The molecule has 2 aliphatic rings. The highest BCUT2D eigenvalue weighted by Gasteiger charge is 2.34. The van der Waals surface area contributed by atoms with Gasteiger partial charge in [-0.1, -0.05) is 37.3 Å². The van der Waals surface area contributed by atoms with E-state index in [0.29, 0.717) is 24.1 Å². The molecule has 1 saturated heterocycles. The van der Waals surface area contributed by atoms with E-state index in [1.165, 1.54) is 11.3 Å². The number of carbonyl (C=O) groups excluding carboxylic acids is 2. The van der Waals surface area contributed by atoms with Crippen molar-refractivity contribution in [2.75, 3.05) is 24.5 Å². The first-order valence-corrected chi connectivity index (χ1v) is 13.6. The van der Waals surface area contributed by atoms with E-state index in [0.717, 1.165) is 62.1 Å². The highest BCUT2D eigenvalue weighted by molar-refractivity contribution is 7.18. The number of thiophene rings is 1. The minimum Gasteiger partial charge on any atom is -0.542 e. The molecule has 0 radical (unpaired) electrons. The molecule has 11 heteroatoms. The Hall–Kier alpha value is -2.92. The number of amides is 1. The van der Waals surface area contributed by atoms with Crippen molar-refractivity contribution < 1.29 is 43.1 Å². The highest BCUT2D eigenvalue weighted by Crippen LogP contribution is 2.39. The number of hydrogen-bond acceptors (Lipinski definition) is 5. The molecule has 1 aromatic heterocycles. The summed E-state index contributed by atoms with van der Waals surface area (Å²) in [6, 6.07) is 11.8. The number of carboxylic acids is 2. The van der Waals surface area contributed by atoms with Gasteiger partial charge in [-0.25, -0.2) is 4.79 Å². The largest absolute Gasteiger partial charge is 0.542 e. The maximum absolute atomic E-state index is 13.7. The normalized spacial score (nSPS) is 20.2. The van der Waals surface area contributed by atoms with E-state index in [1.54, 1.807) is 0 Å². The predicted molar refractivity (Wildman–Crippen MR) is 136 cm³/mol. The second kappa shape index (κ2) is 13.2. The lowest BCUT2D eigenvalue weighted by Gasteiger charge is -2.34. The number of halogens is 3. The van der Waals surface area contributed by atoms with E-state index in [1.807, 2.05) is 41.3 Å². The van der Waals surface area contributed by atoms with E-state index in [-0.39, 0.29) is 16.7 Å². The van der Waals surface area contributed by atoms with Crippen LogP contribution in [-0.4, -0.2) is 48.8 Å². The van der Waals surface area contributed by atoms with Gasteiger partial charge in [0.15, 0.2) is 0 Å².